The summed E-state index contributed by atoms with van der Waals surface area (Å²) in [6.45, 7) is 8.06. The SMILES string of the molecule is C=CCCC(=O)NC[C@@H](OC(=O)[C@@H]1[C@H]2C(=O)N(CCCO)[C@H](C(=O)N(CC=C)C3CCCCC3)[C@]23CC[C@H]1O3)c1ccccc1. The molecule has 0 radical (unpaired) electrons. The Bertz CT molecular complexity index is 1250. The maximum Gasteiger partial charge on any atom is 0.313 e. The smallest absolute Gasteiger partial charge is 0.313 e. The van der Waals surface area contributed by atoms with E-state index >= 15 is 0 Å². The monoisotopic (exact) mass is 621 g/mol. The van der Waals surface area contributed by atoms with Crippen molar-refractivity contribution in [1.82, 2.24) is 15.1 Å². The van der Waals surface area contributed by atoms with Gasteiger partial charge in [0.2, 0.25) is 17.7 Å². The quantitative estimate of drug-likeness (QED) is 0.227. The van der Waals surface area contributed by atoms with Crippen LogP contribution < -0.4 is 5.32 Å². The molecule has 1 aromatic rings. The molecule has 0 aromatic heterocycles. The van der Waals surface area contributed by atoms with Gasteiger partial charge in [-0.1, -0.05) is 61.7 Å². The predicted molar refractivity (Wildman–Crippen MR) is 168 cm³/mol. The number of aliphatic hydroxyl groups excluding tert-OH is 1. The molecule has 0 unspecified atom stereocenters. The fourth-order valence-electron chi connectivity index (χ4n) is 7.93. The number of aliphatic hydroxyl groups is 1. The summed E-state index contributed by atoms with van der Waals surface area (Å²) < 4.78 is 12.7. The van der Waals surface area contributed by atoms with Gasteiger partial charge < -0.3 is 29.7 Å². The molecule has 4 aliphatic rings. The number of carbonyl (C=O) groups excluding carboxylic acids is 4. The van der Waals surface area contributed by atoms with Crippen LogP contribution in [-0.2, 0) is 28.7 Å². The van der Waals surface area contributed by atoms with Gasteiger partial charge in [0.15, 0.2) is 0 Å². The molecule has 45 heavy (non-hydrogen) atoms. The van der Waals surface area contributed by atoms with Gasteiger partial charge in [0.25, 0.3) is 0 Å². The van der Waals surface area contributed by atoms with E-state index in [-0.39, 0.29) is 49.9 Å². The highest BCUT2D eigenvalue weighted by Crippen LogP contribution is 2.59. The Balaban J connectivity index is 1.41. The molecular weight excluding hydrogens is 574 g/mol. The number of ether oxygens (including phenoxy) is 2. The minimum atomic E-state index is -1.15. The van der Waals surface area contributed by atoms with E-state index in [1.54, 1.807) is 17.1 Å². The Morgan fingerprint density at radius 1 is 1.13 bits per heavy atom. The highest BCUT2D eigenvalue weighted by molar-refractivity contribution is 5.98. The van der Waals surface area contributed by atoms with Gasteiger partial charge in [-0.25, -0.2) is 0 Å². The van der Waals surface area contributed by atoms with Crippen LogP contribution in [0.3, 0.4) is 0 Å². The Kier molecular flexibility index (Phi) is 10.8. The number of fused-ring (bicyclic) bond motifs is 1. The Morgan fingerprint density at radius 2 is 1.89 bits per heavy atom. The van der Waals surface area contributed by atoms with Crippen molar-refractivity contribution in [2.45, 2.75) is 94.1 Å². The lowest BCUT2D eigenvalue weighted by atomic mass is 9.70. The van der Waals surface area contributed by atoms with Gasteiger partial charge >= 0.3 is 5.97 Å². The lowest BCUT2D eigenvalue weighted by Crippen LogP contribution is -2.58. The number of hydrogen-bond donors (Lipinski definition) is 2. The molecule has 1 saturated carbocycles. The topological polar surface area (TPSA) is 125 Å². The fraction of sp³-hybridized carbons (Fsp3) is 0.600. The van der Waals surface area contributed by atoms with Gasteiger partial charge in [0, 0.05) is 32.2 Å². The number of allylic oxidation sites excluding steroid dienone is 1. The van der Waals surface area contributed by atoms with Gasteiger partial charge in [0.05, 0.1) is 24.5 Å². The minimum absolute atomic E-state index is 0.0576. The van der Waals surface area contributed by atoms with E-state index in [1.165, 1.54) is 0 Å². The first-order chi connectivity index (χ1) is 21.9. The lowest BCUT2D eigenvalue weighted by molar-refractivity contribution is -0.160. The number of carbonyl (C=O) groups is 4. The third kappa shape index (κ3) is 6.58. The molecule has 5 rings (SSSR count). The van der Waals surface area contributed by atoms with Crippen molar-refractivity contribution in [2.24, 2.45) is 11.8 Å². The summed E-state index contributed by atoms with van der Waals surface area (Å²) >= 11 is 0. The summed E-state index contributed by atoms with van der Waals surface area (Å²) in [5.74, 6) is -2.97. The van der Waals surface area contributed by atoms with E-state index in [0.29, 0.717) is 32.2 Å². The van der Waals surface area contributed by atoms with Crippen LogP contribution in [0.4, 0.5) is 0 Å². The molecule has 10 nitrogen and oxygen atoms in total. The summed E-state index contributed by atoms with van der Waals surface area (Å²) in [4.78, 5) is 58.6. The van der Waals surface area contributed by atoms with Crippen molar-refractivity contribution in [1.29, 1.82) is 0 Å². The maximum absolute atomic E-state index is 14.5. The molecule has 2 N–H and O–H groups in total. The standard InChI is InChI=1S/C35H47N3O7/c1-3-5-17-28(40)36-23-27(24-13-8-6-9-14-24)44-34(43)29-26-18-19-35(45-26)30(29)32(41)38(21-12-22-39)31(35)33(42)37(20-4-2)25-15-10-7-11-16-25/h3-4,6,8-9,13-14,25-27,29-31,39H,1-2,5,7,10-12,15-23H2,(H,36,40)/t26-,27-,29+,30+,31-,35+/m1/s1. The lowest BCUT2D eigenvalue weighted by Gasteiger charge is -2.40. The molecule has 6 atom stereocenters. The Hall–Kier alpha value is -3.50. The molecule has 2 bridgehead atoms. The molecule has 244 valence electrons. The summed E-state index contributed by atoms with van der Waals surface area (Å²) in [7, 11) is 0. The molecule has 3 heterocycles. The van der Waals surface area contributed by atoms with Gasteiger partial charge in [-0.05, 0) is 44.1 Å². The van der Waals surface area contributed by atoms with Gasteiger partial charge in [-0.3, -0.25) is 19.2 Å². The zero-order valence-electron chi connectivity index (χ0n) is 26.1. The molecule has 1 aromatic carbocycles. The highest BCUT2D eigenvalue weighted by atomic mass is 16.6. The van der Waals surface area contributed by atoms with Crippen LogP contribution in [0, 0.1) is 11.8 Å². The van der Waals surface area contributed by atoms with E-state index in [2.05, 4.69) is 18.5 Å². The number of nitrogens with one attached hydrogen (secondary N) is 1. The van der Waals surface area contributed by atoms with Crippen molar-refractivity contribution in [2.75, 3.05) is 26.2 Å². The number of rotatable bonds is 15. The third-order valence-corrected chi connectivity index (χ3v) is 9.98. The molecule has 1 aliphatic carbocycles. The zero-order valence-corrected chi connectivity index (χ0v) is 26.1. The minimum Gasteiger partial charge on any atom is -0.455 e. The van der Waals surface area contributed by atoms with Crippen molar-refractivity contribution in [3.8, 4) is 0 Å². The first-order valence-electron chi connectivity index (χ1n) is 16.5. The molecule has 3 aliphatic heterocycles. The third-order valence-electron chi connectivity index (χ3n) is 9.98. The molecular formula is C35H47N3O7. The van der Waals surface area contributed by atoms with Gasteiger partial charge in [-0.15, -0.1) is 13.2 Å². The van der Waals surface area contributed by atoms with Crippen LogP contribution in [0.15, 0.2) is 55.6 Å². The van der Waals surface area contributed by atoms with Crippen LogP contribution in [0.25, 0.3) is 0 Å². The van der Waals surface area contributed by atoms with Crippen molar-refractivity contribution >= 4 is 23.7 Å². The van der Waals surface area contributed by atoms with E-state index < -0.39 is 41.7 Å². The second-order valence-electron chi connectivity index (χ2n) is 12.7. The average Bonchev–Trinajstić information content (AvgIpc) is 3.71. The van der Waals surface area contributed by atoms with Crippen molar-refractivity contribution in [3.05, 3.63) is 61.2 Å². The van der Waals surface area contributed by atoms with Crippen LogP contribution in [0.5, 0.6) is 0 Å². The van der Waals surface area contributed by atoms with Crippen LogP contribution >= 0.6 is 0 Å². The Morgan fingerprint density at radius 3 is 2.58 bits per heavy atom. The van der Waals surface area contributed by atoms with Crippen molar-refractivity contribution in [3.63, 3.8) is 0 Å². The first-order valence-corrected chi connectivity index (χ1v) is 16.5. The van der Waals surface area contributed by atoms with Crippen LogP contribution in [0.1, 0.15) is 75.9 Å². The maximum atomic E-state index is 14.5. The Labute approximate surface area is 265 Å². The van der Waals surface area contributed by atoms with Gasteiger partial charge in [-0.2, -0.15) is 0 Å². The molecule has 10 heteroatoms. The van der Waals surface area contributed by atoms with E-state index in [1.807, 2.05) is 35.2 Å². The molecule has 4 fully saturated rings. The van der Waals surface area contributed by atoms with E-state index in [4.69, 9.17) is 9.47 Å². The largest absolute Gasteiger partial charge is 0.455 e. The molecule has 3 saturated heterocycles. The zero-order chi connectivity index (χ0) is 32.0. The summed E-state index contributed by atoms with van der Waals surface area (Å²) in [6, 6.07) is 8.36. The molecule has 3 amide bonds. The number of amides is 3. The molecule has 1 spiro atoms. The predicted octanol–water partition coefficient (Wildman–Crippen LogP) is 3.46. The number of benzene rings is 1. The number of esters is 1. The summed E-state index contributed by atoms with van der Waals surface area (Å²) in [5, 5.41) is 12.5. The normalized spacial score (nSPS) is 27.9. The fourth-order valence-corrected chi connectivity index (χ4v) is 7.93. The number of hydrogen-bond acceptors (Lipinski definition) is 7. The van der Waals surface area contributed by atoms with E-state index in [0.717, 1.165) is 37.7 Å². The summed E-state index contributed by atoms with van der Waals surface area (Å²) in [5.41, 5.74) is -0.427. The highest BCUT2D eigenvalue weighted by Gasteiger charge is 2.75. The van der Waals surface area contributed by atoms with Gasteiger partial charge in [0.1, 0.15) is 17.7 Å². The second kappa shape index (κ2) is 14.7. The summed E-state index contributed by atoms with van der Waals surface area (Å²) in [6.07, 6.45) is 9.23. The first kappa shape index (κ1) is 32.9. The average molecular weight is 622 g/mol. The number of nitrogens with zero attached hydrogens (tertiary/aromatic N) is 2. The number of likely N-dealkylation sites (tertiary alicyclic amines) is 1. The second-order valence-corrected chi connectivity index (χ2v) is 12.7. The van der Waals surface area contributed by atoms with Crippen LogP contribution in [-0.4, -0.2) is 88.6 Å². The van der Waals surface area contributed by atoms with E-state index in [9.17, 15) is 24.3 Å². The van der Waals surface area contributed by atoms with Crippen LogP contribution in [0.2, 0.25) is 0 Å². The van der Waals surface area contributed by atoms with Crippen molar-refractivity contribution < 1.29 is 33.8 Å².